The Morgan fingerprint density at radius 3 is 2.73 bits per heavy atom. The third-order valence-electron chi connectivity index (χ3n) is 3.28. The molecule has 0 saturated heterocycles. The van der Waals surface area contributed by atoms with Gasteiger partial charge in [0.2, 0.25) is 0 Å². The summed E-state index contributed by atoms with van der Waals surface area (Å²) in [7, 11) is 0. The molecule has 0 aromatic heterocycles. The van der Waals surface area contributed by atoms with Crippen molar-refractivity contribution in [3.8, 4) is 11.5 Å². The van der Waals surface area contributed by atoms with Gasteiger partial charge in [0.15, 0.2) is 5.96 Å². The van der Waals surface area contributed by atoms with Crippen molar-refractivity contribution in [1.29, 1.82) is 5.41 Å². The highest BCUT2D eigenvalue weighted by Gasteiger charge is 2.15. The Balaban J connectivity index is 1.70. The van der Waals surface area contributed by atoms with Crippen LogP contribution >= 0.6 is 0 Å². The van der Waals surface area contributed by atoms with Gasteiger partial charge in [0.1, 0.15) is 11.5 Å². The Morgan fingerprint density at radius 1 is 1.23 bits per heavy atom. The molecule has 6 heteroatoms. The van der Waals surface area contributed by atoms with Crippen LogP contribution in [0.3, 0.4) is 0 Å². The second kappa shape index (κ2) is 5.77. The van der Waals surface area contributed by atoms with Crippen molar-refractivity contribution in [2.45, 2.75) is 6.42 Å². The van der Waals surface area contributed by atoms with Crippen LogP contribution in [0.25, 0.3) is 0 Å². The van der Waals surface area contributed by atoms with E-state index >= 15 is 0 Å². The van der Waals surface area contributed by atoms with E-state index in [0.29, 0.717) is 23.6 Å². The quantitative estimate of drug-likeness (QED) is 0.349. The summed E-state index contributed by atoms with van der Waals surface area (Å²) in [6.07, 6.45) is 0.883. The summed E-state index contributed by atoms with van der Waals surface area (Å²) in [6.45, 7) is 0.664. The number of hydrogen-bond acceptors (Lipinski definition) is 4. The summed E-state index contributed by atoms with van der Waals surface area (Å²) in [6, 6.07) is 11.9. The van der Waals surface area contributed by atoms with E-state index in [2.05, 4.69) is 5.32 Å². The molecule has 3 rings (SSSR count). The van der Waals surface area contributed by atoms with E-state index in [1.165, 1.54) is 0 Å². The Labute approximate surface area is 127 Å². The zero-order chi connectivity index (χ0) is 15.5. The third-order valence-corrected chi connectivity index (χ3v) is 3.28. The maximum absolute atomic E-state index is 12.1. The molecule has 4 N–H and O–H groups in total. The van der Waals surface area contributed by atoms with E-state index in [-0.39, 0.29) is 5.96 Å². The SMILES string of the molecule is N=C(N)Nc1ccc(C(=O)Oc2ccc3c(c2)OCC3)cc1. The first-order chi connectivity index (χ1) is 10.6. The predicted molar refractivity (Wildman–Crippen MR) is 82.6 cm³/mol. The molecule has 2 aromatic carbocycles. The average molecular weight is 297 g/mol. The molecule has 0 radical (unpaired) electrons. The molecule has 0 saturated carbocycles. The number of fused-ring (bicyclic) bond motifs is 1. The molecule has 0 bridgehead atoms. The lowest BCUT2D eigenvalue weighted by molar-refractivity contribution is 0.0734. The molecular formula is C16H15N3O3. The van der Waals surface area contributed by atoms with Crippen molar-refractivity contribution >= 4 is 17.6 Å². The zero-order valence-corrected chi connectivity index (χ0v) is 11.8. The molecule has 0 aliphatic carbocycles. The van der Waals surface area contributed by atoms with Crippen LogP contribution in [-0.4, -0.2) is 18.5 Å². The van der Waals surface area contributed by atoms with Crippen molar-refractivity contribution in [3.63, 3.8) is 0 Å². The summed E-state index contributed by atoms with van der Waals surface area (Å²) in [5.41, 5.74) is 7.41. The van der Waals surface area contributed by atoms with Crippen LogP contribution in [0.4, 0.5) is 5.69 Å². The van der Waals surface area contributed by atoms with Crippen molar-refractivity contribution in [2.24, 2.45) is 5.73 Å². The summed E-state index contributed by atoms with van der Waals surface area (Å²) < 4.78 is 10.8. The number of anilines is 1. The lowest BCUT2D eigenvalue weighted by Gasteiger charge is -2.07. The van der Waals surface area contributed by atoms with Gasteiger partial charge in [-0.15, -0.1) is 0 Å². The van der Waals surface area contributed by atoms with Gasteiger partial charge in [-0.2, -0.15) is 0 Å². The van der Waals surface area contributed by atoms with Gasteiger partial charge in [0.25, 0.3) is 0 Å². The van der Waals surface area contributed by atoms with Gasteiger partial charge in [-0.25, -0.2) is 4.79 Å². The smallest absolute Gasteiger partial charge is 0.343 e. The van der Waals surface area contributed by atoms with Crippen LogP contribution < -0.4 is 20.5 Å². The van der Waals surface area contributed by atoms with Gasteiger partial charge in [0, 0.05) is 18.2 Å². The van der Waals surface area contributed by atoms with Gasteiger partial charge in [-0.05, 0) is 35.9 Å². The number of carbonyl (C=O) groups excluding carboxylic acids is 1. The zero-order valence-electron chi connectivity index (χ0n) is 11.8. The van der Waals surface area contributed by atoms with Gasteiger partial charge < -0.3 is 20.5 Å². The second-order valence-corrected chi connectivity index (χ2v) is 4.87. The first kappa shape index (κ1) is 13.9. The van der Waals surface area contributed by atoms with E-state index in [0.717, 1.165) is 17.7 Å². The van der Waals surface area contributed by atoms with E-state index in [9.17, 15) is 4.79 Å². The number of esters is 1. The first-order valence-corrected chi connectivity index (χ1v) is 6.81. The van der Waals surface area contributed by atoms with Crippen molar-refractivity contribution in [3.05, 3.63) is 53.6 Å². The van der Waals surface area contributed by atoms with Crippen LogP contribution in [0, 0.1) is 5.41 Å². The van der Waals surface area contributed by atoms with Crippen molar-refractivity contribution < 1.29 is 14.3 Å². The Morgan fingerprint density at radius 2 is 2.00 bits per heavy atom. The molecule has 22 heavy (non-hydrogen) atoms. The Kier molecular flexibility index (Phi) is 3.65. The Bertz CT molecular complexity index is 726. The molecule has 1 heterocycles. The first-order valence-electron chi connectivity index (χ1n) is 6.81. The molecular weight excluding hydrogens is 282 g/mol. The minimum Gasteiger partial charge on any atom is -0.493 e. The van der Waals surface area contributed by atoms with E-state index in [1.54, 1.807) is 36.4 Å². The molecule has 2 aromatic rings. The number of guanidine groups is 1. The second-order valence-electron chi connectivity index (χ2n) is 4.87. The van der Waals surface area contributed by atoms with Crippen LogP contribution in [0.5, 0.6) is 11.5 Å². The summed E-state index contributed by atoms with van der Waals surface area (Å²) in [4.78, 5) is 12.1. The summed E-state index contributed by atoms with van der Waals surface area (Å²) in [5.74, 6) is 0.615. The van der Waals surface area contributed by atoms with E-state index < -0.39 is 5.97 Å². The van der Waals surface area contributed by atoms with Gasteiger partial charge in [-0.3, -0.25) is 5.41 Å². The van der Waals surface area contributed by atoms with Crippen LogP contribution in [0.1, 0.15) is 15.9 Å². The number of carbonyl (C=O) groups is 1. The number of benzene rings is 2. The van der Waals surface area contributed by atoms with Crippen molar-refractivity contribution in [1.82, 2.24) is 0 Å². The van der Waals surface area contributed by atoms with Crippen molar-refractivity contribution in [2.75, 3.05) is 11.9 Å². The summed E-state index contributed by atoms with van der Waals surface area (Å²) >= 11 is 0. The van der Waals surface area contributed by atoms with Gasteiger partial charge in [0.05, 0.1) is 12.2 Å². The summed E-state index contributed by atoms with van der Waals surface area (Å²) in [5, 5.41) is 9.78. The fourth-order valence-corrected chi connectivity index (χ4v) is 2.22. The minimum absolute atomic E-state index is 0.159. The molecule has 1 aliphatic rings. The fraction of sp³-hybridized carbons (Fsp3) is 0.125. The highest BCUT2D eigenvalue weighted by Crippen LogP contribution is 2.29. The maximum atomic E-state index is 12.1. The number of nitrogens with one attached hydrogen (secondary N) is 2. The molecule has 0 amide bonds. The molecule has 6 nitrogen and oxygen atoms in total. The number of nitrogens with two attached hydrogens (primary N) is 1. The standard InChI is InChI=1S/C16H15N3O3/c17-16(18)19-12-4-1-11(2-5-12)15(20)22-13-6-3-10-7-8-21-14(10)9-13/h1-6,9H,7-8H2,(H4,17,18,19). The fourth-order valence-electron chi connectivity index (χ4n) is 2.22. The molecule has 1 aliphatic heterocycles. The van der Waals surface area contributed by atoms with Crippen LogP contribution in [-0.2, 0) is 6.42 Å². The monoisotopic (exact) mass is 297 g/mol. The molecule has 0 atom stereocenters. The largest absolute Gasteiger partial charge is 0.493 e. The maximum Gasteiger partial charge on any atom is 0.343 e. The number of rotatable bonds is 3. The lowest BCUT2D eigenvalue weighted by Crippen LogP contribution is -2.20. The Hall–Kier alpha value is -3.02. The van der Waals surface area contributed by atoms with Gasteiger partial charge >= 0.3 is 5.97 Å². The highest BCUT2D eigenvalue weighted by molar-refractivity contribution is 5.93. The molecule has 0 spiro atoms. The molecule has 0 fully saturated rings. The van der Waals surface area contributed by atoms with Crippen LogP contribution in [0.15, 0.2) is 42.5 Å². The highest BCUT2D eigenvalue weighted by atomic mass is 16.5. The normalized spacial score (nSPS) is 12.2. The van der Waals surface area contributed by atoms with Crippen LogP contribution in [0.2, 0.25) is 0 Å². The van der Waals surface area contributed by atoms with E-state index in [4.69, 9.17) is 20.6 Å². The average Bonchev–Trinajstić information content (AvgIpc) is 2.95. The lowest BCUT2D eigenvalue weighted by atomic mass is 10.1. The van der Waals surface area contributed by atoms with E-state index in [1.807, 2.05) is 6.07 Å². The van der Waals surface area contributed by atoms with Gasteiger partial charge in [-0.1, -0.05) is 6.07 Å². The molecule has 0 unspecified atom stereocenters. The number of ether oxygens (including phenoxy) is 2. The third kappa shape index (κ3) is 3.01. The number of hydrogen-bond donors (Lipinski definition) is 3. The topological polar surface area (TPSA) is 97.4 Å². The predicted octanol–water partition coefficient (Wildman–Crippen LogP) is 2.15. The minimum atomic E-state index is -0.452. The molecule has 112 valence electrons.